The Kier molecular flexibility index (Phi) is 11.8. The molecule has 51 heavy (non-hydrogen) atoms. The van der Waals surface area contributed by atoms with Gasteiger partial charge in [-0.2, -0.15) is 23.0 Å². The molecule has 0 saturated heterocycles. The Balaban J connectivity index is 0.000000755. The Morgan fingerprint density at radius 1 is 0.902 bits per heavy atom. The average molecular weight is 730 g/mol. The van der Waals surface area contributed by atoms with Crippen LogP contribution in [0.1, 0.15) is 40.7 Å². The van der Waals surface area contributed by atoms with Gasteiger partial charge in [0.25, 0.3) is 5.91 Å². The number of hydrogen-bond donors (Lipinski definition) is 7. The van der Waals surface area contributed by atoms with Gasteiger partial charge in [-0.3, -0.25) is 9.89 Å². The molecule has 0 radical (unpaired) electrons. The number of aromatic nitrogens is 4. The first-order valence-electron chi connectivity index (χ1n) is 15.3. The van der Waals surface area contributed by atoms with E-state index in [0.29, 0.717) is 40.9 Å². The van der Waals surface area contributed by atoms with E-state index in [0.717, 1.165) is 11.1 Å². The molecule has 0 aliphatic rings. The van der Waals surface area contributed by atoms with Gasteiger partial charge in [-0.25, -0.2) is 23.0 Å². The van der Waals surface area contributed by atoms with Gasteiger partial charge in [0.2, 0.25) is 15.7 Å². The van der Waals surface area contributed by atoms with Crippen LogP contribution in [-0.4, -0.2) is 75.0 Å². The SMILES string of the molecule is Cc1cc(-c2ccccc2)cc(C)c1S(=O)(=O)N[C@](CCCCNc1ncc[nH]1)(NC(=O)c1ccc2[nH]ncc2c1)C(=O)O.O=C(O)C(F)(F)F. The van der Waals surface area contributed by atoms with E-state index in [1.54, 1.807) is 50.5 Å². The number of carboxylic acids is 2. The van der Waals surface area contributed by atoms with Crippen molar-refractivity contribution in [2.24, 2.45) is 0 Å². The summed E-state index contributed by atoms with van der Waals surface area (Å²) < 4.78 is 62.1. The van der Waals surface area contributed by atoms with E-state index in [4.69, 9.17) is 9.90 Å². The number of aliphatic carboxylic acids is 2. The van der Waals surface area contributed by atoms with Gasteiger partial charge in [-0.05, 0) is 73.6 Å². The first kappa shape index (κ1) is 38.1. The monoisotopic (exact) mass is 729 g/mol. The number of hydrogen-bond acceptors (Lipinski definition) is 8. The number of carbonyl (C=O) groups is 3. The summed E-state index contributed by atoms with van der Waals surface area (Å²) in [6.45, 7) is 3.77. The van der Waals surface area contributed by atoms with E-state index < -0.39 is 39.7 Å². The standard InChI is InChI=1S/C31H33N7O5S.C2HF3O2/c1-20-16-24(22-8-4-3-5-9-22)17-21(2)27(20)44(42,43)38-31(29(40)41,12-6-7-13-32-30-33-14-15-34-30)36-28(39)23-10-11-26-25(18-23)19-35-37-26;3-2(4,5)1(6)7/h3-5,8-11,14-19,38H,6-7,12-13H2,1-2H3,(H,35,37)(H,36,39)(H,40,41)(H2,32,33,34);(H,6,7)/t31-;/m0./s1. The van der Waals surface area contributed by atoms with Crippen LogP contribution in [0.2, 0.25) is 0 Å². The minimum Gasteiger partial charge on any atom is -0.478 e. The molecular formula is C33H34F3N7O7S. The number of H-pyrrole nitrogens is 2. The maximum absolute atomic E-state index is 14.0. The van der Waals surface area contributed by atoms with Crippen LogP contribution >= 0.6 is 0 Å². The molecule has 0 unspecified atom stereocenters. The normalized spacial score (nSPS) is 12.7. The molecule has 1 amide bonds. The number of aryl methyl sites for hydroxylation is 2. The summed E-state index contributed by atoms with van der Waals surface area (Å²) in [6.07, 6.45) is 0.225. The molecule has 0 spiro atoms. The van der Waals surface area contributed by atoms with Crippen molar-refractivity contribution >= 4 is 44.7 Å². The molecule has 7 N–H and O–H groups in total. The van der Waals surface area contributed by atoms with E-state index >= 15 is 0 Å². The van der Waals surface area contributed by atoms with Crippen LogP contribution in [0.15, 0.2) is 84.1 Å². The molecule has 0 saturated carbocycles. The summed E-state index contributed by atoms with van der Waals surface area (Å²) in [5.74, 6) is -4.48. The van der Waals surface area contributed by atoms with Gasteiger partial charge in [0.1, 0.15) is 0 Å². The highest BCUT2D eigenvalue weighted by Crippen LogP contribution is 2.29. The Bertz CT molecular complexity index is 2080. The third-order valence-electron chi connectivity index (χ3n) is 7.55. The molecule has 5 aromatic rings. The summed E-state index contributed by atoms with van der Waals surface area (Å²) in [4.78, 5) is 42.3. The Labute approximate surface area is 289 Å². The van der Waals surface area contributed by atoms with E-state index in [2.05, 4.69) is 35.5 Å². The molecule has 0 aliphatic carbocycles. The second-order valence-electron chi connectivity index (χ2n) is 11.4. The maximum atomic E-state index is 14.0. The molecule has 14 nitrogen and oxygen atoms in total. The summed E-state index contributed by atoms with van der Waals surface area (Å²) in [6, 6.07) is 17.7. The molecule has 0 fully saturated rings. The number of nitrogens with one attached hydrogen (secondary N) is 5. The number of anilines is 1. The van der Waals surface area contributed by atoms with Crippen molar-refractivity contribution in [3.8, 4) is 11.1 Å². The highest BCUT2D eigenvalue weighted by atomic mass is 32.2. The Hall–Kier alpha value is -5.75. The van der Waals surface area contributed by atoms with Crippen LogP contribution in [0.25, 0.3) is 22.0 Å². The van der Waals surface area contributed by atoms with Crippen molar-refractivity contribution in [1.29, 1.82) is 0 Å². The summed E-state index contributed by atoms with van der Waals surface area (Å²) in [5, 5.41) is 30.6. The number of nitrogens with zero attached hydrogens (tertiary/aromatic N) is 2. The zero-order valence-electron chi connectivity index (χ0n) is 27.2. The van der Waals surface area contributed by atoms with Crippen LogP contribution in [0.5, 0.6) is 0 Å². The second-order valence-corrected chi connectivity index (χ2v) is 13.0. The van der Waals surface area contributed by atoms with Crippen LogP contribution in [0.4, 0.5) is 19.1 Å². The highest BCUT2D eigenvalue weighted by Gasteiger charge is 2.44. The number of amides is 1. The molecule has 0 bridgehead atoms. The molecule has 5 rings (SSSR count). The van der Waals surface area contributed by atoms with E-state index in [1.807, 2.05) is 30.3 Å². The summed E-state index contributed by atoms with van der Waals surface area (Å²) in [5.41, 5.74) is 1.13. The molecule has 2 aromatic heterocycles. The van der Waals surface area contributed by atoms with Crippen LogP contribution < -0.4 is 15.4 Å². The van der Waals surface area contributed by atoms with Crippen molar-refractivity contribution in [3.05, 3.63) is 95.9 Å². The van der Waals surface area contributed by atoms with E-state index in [9.17, 15) is 36.3 Å². The van der Waals surface area contributed by atoms with Gasteiger partial charge in [0, 0.05) is 29.9 Å². The topological polar surface area (TPSA) is 219 Å². The number of carbonyl (C=O) groups excluding carboxylic acids is 1. The Morgan fingerprint density at radius 3 is 2.16 bits per heavy atom. The number of fused-ring (bicyclic) bond motifs is 1. The third kappa shape index (κ3) is 9.70. The molecule has 18 heteroatoms. The average Bonchev–Trinajstić information content (AvgIpc) is 3.76. The molecule has 270 valence electrons. The quantitative estimate of drug-likeness (QED) is 0.0637. The van der Waals surface area contributed by atoms with Gasteiger partial charge in [0.15, 0.2) is 5.95 Å². The van der Waals surface area contributed by atoms with Crippen LogP contribution in [0.3, 0.4) is 0 Å². The van der Waals surface area contributed by atoms with Crippen LogP contribution in [0, 0.1) is 13.8 Å². The number of alkyl halides is 3. The fraction of sp³-hybridized carbons (Fsp3) is 0.242. The lowest BCUT2D eigenvalue weighted by Gasteiger charge is -2.32. The first-order valence-corrected chi connectivity index (χ1v) is 16.7. The fourth-order valence-corrected chi connectivity index (χ4v) is 7.00. The van der Waals surface area contributed by atoms with Crippen molar-refractivity contribution in [1.82, 2.24) is 30.2 Å². The number of unbranched alkanes of at least 4 members (excludes halogenated alkanes) is 1. The molecular weight excluding hydrogens is 695 g/mol. The summed E-state index contributed by atoms with van der Waals surface area (Å²) in [7, 11) is -4.45. The zero-order chi connectivity index (χ0) is 37.4. The highest BCUT2D eigenvalue weighted by molar-refractivity contribution is 7.89. The van der Waals surface area contributed by atoms with Gasteiger partial charge < -0.3 is 25.8 Å². The number of aromatic amines is 2. The minimum absolute atomic E-state index is 0.0450. The Morgan fingerprint density at radius 2 is 1.57 bits per heavy atom. The molecule has 3 aromatic carbocycles. The summed E-state index contributed by atoms with van der Waals surface area (Å²) >= 11 is 0. The van der Waals surface area contributed by atoms with Crippen molar-refractivity contribution in [3.63, 3.8) is 0 Å². The van der Waals surface area contributed by atoms with Gasteiger partial charge in [-0.15, -0.1) is 0 Å². The predicted octanol–water partition coefficient (Wildman–Crippen LogP) is 4.97. The number of imidazole rings is 1. The van der Waals surface area contributed by atoms with E-state index in [-0.39, 0.29) is 23.3 Å². The smallest absolute Gasteiger partial charge is 0.478 e. The number of rotatable bonds is 13. The molecule has 0 aliphatic heterocycles. The van der Waals surface area contributed by atoms with Crippen molar-refractivity contribution in [2.75, 3.05) is 11.9 Å². The largest absolute Gasteiger partial charge is 0.490 e. The number of sulfonamides is 1. The lowest BCUT2D eigenvalue weighted by Crippen LogP contribution is -2.65. The van der Waals surface area contributed by atoms with Gasteiger partial charge in [0.05, 0.1) is 16.6 Å². The van der Waals surface area contributed by atoms with Crippen molar-refractivity contribution < 1.29 is 46.2 Å². The van der Waals surface area contributed by atoms with Gasteiger partial charge in [-0.1, -0.05) is 42.5 Å². The van der Waals surface area contributed by atoms with Gasteiger partial charge >= 0.3 is 18.1 Å². The zero-order valence-corrected chi connectivity index (χ0v) is 28.0. The fourth-order valence-electron chi connectivity index (χ4n) is 5.23. The minimum atomic E-state index is -5.08. The molecule has 1 atom stereocenters. The van der Waals surface area contributed by atoms with E-state index in [1.165, 1.54) is 12.3 Å². The predicted molar refractivity (Wildman–Crippen MR) is 180 cm³/mol. The lowest BCUT2D eigenvalue weighted by molar-refractivity contribution is -0.192. The number of halogens is 3. The lowest BCUT2D eigenvalue weighted by atomic mass is 10.0. The van der Waals surface area contributed by atoms with Crippen LogP contribution in [-0.2, 0) is 19.6 Å². The first-order chi connectivity index (χ1) is 24.0. The number of benzene rings is 3. The number of carboxylic acid groups (broad SMARTS) is 2. The van der Waals surface area contributed by atoms with Crippen molar-refractivity contribution in [2.45, 2.75) is 49.8 Å². The second kappa shape index (κ2) is 15.9. The maximum Gasteiger partial charge on any atom is 0.490 e. The third-order valence-corrected chi connectivity index (χ3v) is 9.35. The molecule has 2 heterocycles.